The first-order valence-corrected chi connectivity index (χ1v) is 7.92. The van der Waals surface area contributed by atoms with E-state index in [1.165, 1.54) is 0 Å². The standard InChI is InChI=1S/C16H24N2O2S/c1-2-20-14-4-3-9-18(10-14)11-15(19)12-5-7-13(8-6-12)16(17)21/h5-8,14-15,19H,2-4,9-11H2,1H3,(H2,17,21). The number of hydrogen-bond donors (Lipinski definition) is 2. The average molecular weight is 308 g/mol. The summed E-state index contributed by atoms with van der Waals surface area (Å²) in [5, 5.41) is 10.4. The lowest BCUT2D eigenvalue weighted by Crippen LogP contribution is -2.41. The van der Waals surface area contributed by atoms with E-state index in [4.69, 9.17) is 22.7 Å². The normalized spacial score (nSPS) is 21.1. The van der Waals surface area contributed by atoms with Crippen LogP contribution in [0.15, 0.2) is 24.3 Å². The van der Waals surface area contributed by atoms with E-state index in [9.17, 15) is 5.11 Å². The monoisotopic (exact) mass is 308 g/mol. The molecule has 4 nitrogen and oxygen atoms in total. The molecule has 0 aliphatic carbocycles. The summed E-state index contributed by atoms with van der Waals surface area (Å²) in [6.45, 7) is 5.33. The van der Waals surface area contributed by atoms with Gasteiger partial charge in [0.25, 0.3) is 0 Å². The third kappa shape index (κ3) is 4.74. The number of rotatable bonds is 6. The predicted octanol–water partition coefficient (Wildman–Crippen LogP) is 1.86. The summed E-state index contributed by atoms with van der Waals surface area (Å²) < 4.78 is 5.69. The number of thiocarbonyl (C=S) groups is 1. The van der Waals surface area contributed by atoms with Gasteiger partial charge >= 0.3 is 0 Å². The number of nitrogens with two attached hydrogens (primary N) is 1. The summed E-state index contributed by atoms with van der Waals surface area (Å²) in [5.41, 5.74) is 7.31. The molecule has 116 valence electrons. The number of likely N-dealkylation sites (tertiary alicyclic amines) is 1. The van der Waals surface area contributed by atoms with Crippen molar-refractivity contribution in [1.82, 2.24) is 4.90 Å². The molecular formula is C16H24N2O2S. The molecular weight excluding hydrogens is 284 g/mol. The summed E-state index contributed by atoms with van der Waals surface area (Å²) in [7, 11) is 0. The maximum absolute atomic E-state index is 10.4. The van der Waals surface area contributed by atoms with E-state index in [1.807, 2.05) is 31.2 Å². The molecule has 2 rings (SSSR count). The van der Waals surface area contributed by atoms with Crippen LogP contribution in [0.3, 0.4) is 0 Å². The fourth-order valence-electron chi connectivity index (χ4n) is 2.77. The summed E-state index contributed by atoms with van der Waals surface area (Å²) in [5.74, 6) is 0. The third-order valence-electron chi connectivity index (χ3n) is 3.88. The lowest BCUT2D eigenvalue weighted by atomic mass is 10.0. The molecule has 0 saturated carbocycles. The van der Waals surface area contributed by atoms with Crippen LogP contribution in [0.5, 0.6) is 0 Å². The highest BCUT2D eigenvalue weighted by molar-refractivity contribution is 7.80. The van der Waals surface area contributed by atoms with Gasteiger partial charge in [0.05, 0.1) is 12.2 Å². The van der Waals surface area contributed by atoms with E-state index in [1.54, 1.807) is 0 Å². The van der Waals surface area contributed by atoms with Crippen molar-refractivity contribution >= 4 is 17.2 Å². The highest BCUT2D eigenvalue weighted by Crippen LogP contribution is 2.19. The highest BCUT2D eigenvalue weighted by Gasteiger charge is 2.22. The van der Waals surface area contributed by atoms with Gasteiger partial charge in [0.15, 0.2) is 0 Å². The third-order valence-corrected chi connectivity index (χ3v) is 4.11. The van der Waals surface area contributed by atoms with E-state index in [-0.39, 0.29) is 0 Å². The molecule has 1 saturated heterocycles. The first-order valence-electron chi connectivity index (χ1n) is 7.52. The van der Waals surface area contributed by atoms with Gasteiger partial charge in [-0.25, -0.2) is 0 Å². The molecule has 1 aliphatic rings. The van der Waals surface area contributed by atoms with Crippen LogP contribution in [0.25, 0.3) is 0 Å². The summed E-state index contributed by atoms with van der Waals surface area (Å²) >= 11 is 4.93. The van der Waals surface area contributed by atoms with Crippen LogP contribution in [0, 0.1) is 0 Å². The summed E-state index contributed by atoms with van der Waals surface area (Å²) in [6, 6.07) is 7.51. The molecule has 1 aromatic carbocycles. The first-order chi connectivity index (χ1) is 10.1. The molecule has 0 radical (unpaired) electrons. The van der Waals surface area contributed by atoms with Crippen molar-refractivity contribution in [1.29, 1.82) is 0 Å². The minimum atomic E-state index is -0.495. The molecule has 2 atom stereocenters. The van der Waals surface area contributed by atoms with E-state index < -0.39 is 6.10 Å². The molecule has 2 unspecified atom stereocenters. The largest absolute Gasteiger partial charge is 0.389 e. The zero-order chi connectivity index (χ0) is 15.2. The van der Waals surface area contributed by atoms with Gasteiger partial charge < -0.3 is 15.6 Å². The molecule has 1 heterocycles. The number of nitrogens with zero attached hydrogens (tertiary/aromatic N) is 1. The molecule has 1 aromatic rings. The number of ether oxygens (including phenoxy) is 1. The van der Waals surface area contributed by atoms with Crippen LogP contribution in [-0.2, 0) is 4.74 Å². The second-order valence-corrected chi connectivity index (χ2v) is 5.92. The van der Waals surface area contributed by atoms with Crippen LogP contribution in [0.4, 0.5) is 0 Å². The van der Waals surface area contributed by atoms with Crippen LogP contribution in [0.2, 0.25) is 0 Å². The zero-order valence-electron chi connectivity index (χ0n) is 12.5. The van der Waals surface area contributed by atoms with Crippen LogP contribution in [0.1, 0.15) is 37.0 Å². The maximum atomic E-state index is 10.4. The average Bonchev–Trinajstić information content (AvgIpc) is 2.48. The highest BCUT2D eigenvalue weighted by atomic mass is 32.1. The summed E-state index contributed by atoms with van der Waals surface area (Å²) in [6.07, 6.45) is 2.04. The number of aliphatic hydroxyl groups excluding tert-OH is 1. The Morgan fingerprint density at radius 2 is 2.19 bits per heavy atom. The van der Waals surface area contributed by atoms with Crippen molar-refractivity contribution in [2.45, 2.75) is 32.0 Å². The van der Waals surface area contributed by atoms with Gasteiger partial charge in [-0.3, -0.25) is 4.90 Å². The number of piperidine rings is 1. The van der Waals surface area contributed by atoms with Crippen molar-refractivity contribution in [3.05, 3.63) is 35.4 Å². The van der Waals surface area contributed by atoms with E-state index >= 15 is 0 Å². The molecule has 1 aliphatic heterocycles. The fourth-order valence-corrected chi connectivity index (χ4v) is 2.91. The predicted molar refractivity (Wildman–Crippen MR) is 88.4 cm³/mol. The minimum absolute atomic E-state index is 0.299. The number of hydrogen-bond acceptors (Lipinski definition) is 4. The Morgan fingerprint density at radius 3 is 2.81 bits per heavy atom. The number of benzene rings is 1. The fraction of sp³-hybridized carbons (Fsp3) is 0.562. The van der Waals surface area contributed by atoms with Gasteiger partial charge in [-0.05, 0) is 31.9 Å². The van der Waals surface area contributed by atoms with Crippen LogP contribution in [-0.4, -0.2) is 47.3 Å². The van der Waals surface area contributed by atoms with Crippen LogP contribution < -0.4 is 5.73 Å². The molecule has 0 bridgehead atoms. The molecule has 21 heavy (non-hydrogen) atoms. The van der Waals surface area contributed by atoms with E-state index in [2.05, 4.69) is 4.90 Å². The topological polar surface area (TPSA) is 58.7 Å². The Bertz CT molecular complexity index is 462. The van der Waals surface area contributed by atoms with Crippen molar-refractivity contribution < 1.29 is 9.84 Å². The van der Waals surface area contributed by atoms with Gasteiger partial charge in [-0.1, -0.05) is 36.5 Å². The molecule has 0 aromatic heterocycles. The lowest BCUT2D eigenvalue weighted by Gasteiger charge is -2.33. The van der Waals surface area contributed by atoms with Crippen molar-refractivity contribution in [3.63, 3.8) is 0 Å². The Morgan fingerprint density at radius 1 is 1.48 bits per heavy atom. The number of aliphatic hydroxyl groups is 1. The maximum Gasteiger partial charge on any atom is 0.103 e. The van der Waals surface area contributed by atoms with Gasteiger partial charge in [0, 0.05) is 25.3 Å². The van der Waals surface area contributed by atoms with Crippen molar-refractivity contribution in [3.8, 4) is 0 Å². The Balaban J connectivity index is 1.91. The lowest BCUT2D eigenvalue weighted by molar-refractivity contribution is -0.00705. The van der Waals surface area contributed by atoms with Crippen molar-refractivity contribution in [2.24, 2.45) is 5.73 Å². The second-order valence-electron chi connectivity index (χ2n) is 5.48. The Labute approximate surface area is 131 Å². The van der Waals surface area contributed by atoms with Gasteiger partial charge in [0.2, 0.25) is 0 Å². The Hall–Kier alpha value is -1.01. The Kier molecular flexibility index (Phi) is 6.11. The van der Waals surface area contributed by atoms with E-state index in [0.717, 1.165) is 43.7 Å². The molecule has 0 spiro atoms. The SMILES string of the molecule is CCOC1CCCN(CC(O)c2ccc(C(N)=S)cc2)C1. The minimum Gasteiger partial charge on any atom is -0.389 e. The quantitative estimate of drug-likeness (QED) is 0.786. The number of β-amino-alcohol motifs (C(OH)–C–C–N with tert-alkyl or cyclic N) is 1. The van der Waals surface area contributed by atoms with Gasteiger partial charge in [0.1, 0.15) is 4.99 Å². The van der Waals surface area contributed by atoms with Gasteiger partial charge in [-0.15, -0.1) is 0 Å². The first kappa shape index (κ1) is 16.4. The zero-order valence-corrected chi connectivity index (χ0v) is 13.3. The van der Waals surface area contributed by atoms with Crippen LogP contribution >= 0.6 is 12.2 Å². The second kappa shape index (κ2) is 7.84. The van der Waals surface area contributed by atoms with E-state index in [0.29, 0.717) is 17.6 Å². The molecule has 3 N–H and O–H groups in total. The molecule has 5 heteroatoms. The summed E-state index contributed by atoms with van der Waals surface area (Å²) in [4.78, 5) is 2.65. The smallest absolute Gasteiger partial charge is 0.103 e. The molecule has 1 fully saturated rings. The molecule has 0 amide bonds. The van der Waals surface area contributed by atoms with Gasteiger partial charge in [-0.2, -0.15) is 0 Å². The van der Waals surface area contributed by atoms with Crippen molar-refractivity contribution in [2.75, 3.05) is 26.2 Å².